The molecular weight excluding hydrogens is 452 g/mol. The number of nitrogen functional groups attached to an aromatic ring is 1. The second-order valence-electron chi connectivity index (χ2n) is 9.53. The van der Waals surface area contributed by atoms with Gasteiger partial charge in [-0.1, -0.05) is 18.2 Å². The number of nitrogens with one attached hydrogen (secondary N) is 1. The molecule has 1 aromatic carbocycles. The number of imidazole rings is 1. The molecule has 1 saturated carbocycles. The lowest BCUT2D eigenvalue weighted by Crippen LogP contribution is -2.42. The molecule has 1 aliphatic carbocycles. The second kappa shape index (κ2) is 8.76. The number of aryl methyl sites for hydroxylation is 1. The summed E-state index contributed by atoms with van der Waals surface area (Å²) in [5.74, 6) is 7.56. The number of rotatable bonds is 4. The molecule has 5 N–H and O–H groups in total. The molecule has 6 rings (SSSR count). The SMILES string of the molecule is Cc1ccc(N(N)C(=O)C2CCC(c3nc(-c4cc5ccccc5[nH]4)c4c(N)nccn34)CC2)cn1. The predicted octanol–water partition coefficient (Wildman–Crippen LogP) is 4.34. The number of pyridine rings is 1. The Labute approximate surface area is 208 Å². The fraction of sp³-hybridized carbons (Fsp3) is 0.259. The number of H-pyrrole nitrogens is 1. The highest BCUT2D eigenvalue weighted by Crippen LogP contribution is 2.39. The Balaban J connectivity index is 1.27. The van der Waals surface area contributed by atoms with Crippen molar-refractivity contribution in [3.8, 4) is 11.4 Å². The molecule has 0 bridgehead atoms. The molecule has 5 aromatic rings. The minimum absolute atomic E-state index is 0.0701. The maximum Gasteiger partial charge on any atom is 0.244 e. The normalized spacial score (nSPS) is 18.1. The van der Waals surface area contributed by atoms with Crippen molar-refractivity contribution < 1.29 is 4.79 Å². The molecule has 1 amide bonds. The van der Waals surface area contributed by atoms with Crippen LogP contribution >= 0.6 is 0 Å². The lowest BCUT2D eigenvalue weighted by atomic mass is 9.81. The number of carbonyl (C=O) groups is 1. The van der Waals surface area contributed by atoms with E-state index in [1.54, 1.807) is 12.4 Å². The zero-order valence-electron chi connectivity index (χ0n) is 20.1. The third-order valence-corrected chi connectivity index (χ3v) is 7.25. The van der Waals surface area contributed by atoms with Gasteiger partial charge in [0.1, 0.15) is 22.9 Å². The van der Waals surface area contributed by atoms with Gasteiger partial charge in [0.25, 0.3) is 0 Å². The molecule has 0 saturated heterocycles. The molecule has 4 heterocycles. The molecule has 36 heavy (non-hydrogen) atoms. The van der Waals surface area contributed by atoms with Gasteiger partial charge in [0.2, 0.25) is 5.91 Å². The number of nitrogens with zero attached hydrogens (tertiary/aromatic N) is 5. The molecule has 0 spiro atoms. The van der Waals surface area contributed by atoms with Crippen LogP contribution in [0.3, 0.4) is 0 Å². The minimum atomic E-state index is -0.126. The average molecular weight is 481 g/mol. The van der Waals surface area contributed by atoms with E-state index in [1.165, 1.54) is 5.01 Å². The number of hydrogen-bond donors (Lipinski definition) is 3. The Morgan fingerprint density at radius 3 is 2.67 bits per heavy atom. The second-order valence-corrected chi connectivity index (χ2v) is 9.53. The van der Waals surface area contributed by atoms with Gasteiger partial charge in [-0.2, -0.15) is 0 Å². The topological polar surface area (TPSA) is 131 Å². The number of hydrogen-bond acceptors (Lipinski definition) is 6. The van der Waals surface area contributed by atoms with Crippen molar-refractivity contribution >= 4 is 33.8 Å². The smallest absolute Gasteiger partial charge is 0.244 e. The predicted molar refractivity (Wildman–Crippen MR) is 140 cm³/mol. The number of anilines is 2. The zero-order chi connectivity index (χ0) is 24.8. The van der Waals surface area contributed by atoms with Crippen LogP contribution in [-0.2, 0) is 4.79 Å². The summed E-state index contributed by atoms with van der Waals surface area (Å²) < 4.78 is 2.06. The first-order valence-electron chi connectivity index (χ1n) is 12.2. The van der Waals surface area contributed by atoms with Crippen LogP contribution in [0.4, 0.5) is 11.5 Å². The first kappa shape index (κ1) is 22.2. The van der Waals surface area contributed by atoms with E-state index in [1.807, 2.05) is 43.5 Å². The summed E-state index contributed by atoms with van der Waals surface area (Å²) in [6.45, 7) is 1.90. The van der Waals surface area contributed by atoms with Gasteiger partial charge in [0, 0.05) is 40.8 Å². The first-order chi connectivity index (χ1) is 17.5. The highest BCUT2D eigenvalue weighted by molar-refractivity contribution is 5.94. The maximum absolute atomic E-state index is 13.1. The minimum Gasteiger partial charge on any atom is -0.382 e. The summed E-state index contributed by atoms with van der Waals surface area (Å²) in [6, 6.07) is 13.9. The fourth-order valence-corrected chi connectivity index (χ4v) is 5.29. The van der Waals surface area contributed by atoms with Crippen LogP contribution in [0.5, 0.6) is 0 Å². The summed E-state index contributed by atoms with van der Waals surface area (Å²) in [5.41, 5.74) is 11.4. The van der Waals surface area contributed by atoms with Crippen LogP contribution in [0.2, 0.25) is 0 Å². The summed E-state index contributed by atoms with van der Waals surface area (Å²) in [4.78, 5) is 30.2. The summed E-state index contributed by atoms with van der Waals surface area (Å²) in [5, 5.41) is 2.36. The number of aromatic amines is 1. The van der Waals surface area contributed by atoms with Crippen LogP contribution < -0.4 is 16.6 Å². The van der Waals surface area contributed by atoms with Crippen LogP contribution in [0.25, 0.3) is 27.8 Å². The summed E-state index contributed by atoms with van der Waals surface area (Å²) in [6.07, 6.45) is 8.43. The number of amides is 1. The van der Waals surface area contributed by atoms with Crippen molar-refractivity contribution in [2.45, 2.75) is 38.5 Å². The number of hydrazine groups is 1. The van der Waals surface area contributed by atoms with Crippen molar-refractivity contribution in [3.05, 3.63) is 72.6 Å². The van der Waals surface area contributed by atoms with Gasteiger partial charge in [-0.05, 0) is 56.9 Å². The van der Waals surface area contributed by atoms with Gasteiger partial charge >= 0.3 is 0 Å². The quantitative estimate of drug-likeness (QED) is 0.199. The lowest BCUT2D eigenvalue weighted by molar-refractivity contribution is -0.123. The van der Waals surface area contributed by atoms with Gasteiger partial charge in [-0.25, -0.2) is 20.8 Å². The molecule has 0 atom stereocenters. The molecule has 0 aliphatic heterocycles. The number of carbonyl (C=O) groups excluding carboxylic acids is 1. The van der Waals surface area contributed by atoms with Crippen LogP contribution in [-0.4, -0.2) is 30.2 Å². The molecule has 1 aliphatic rings. The van der Waals surface area contributed by atoms with E-state index in [4.69, 9.17) is 16.6 Å². The van der Waals surface area contributed by atoms with E-state index >= 15 is 0 Å². The van der Waals surface area contributed by atoms with Crippen LogP contribution in [0.1, 0.15) is 43.1 Å². The average Bonchev–Trinajstić information content (AvgIpc) is 3.51. The molecule has 0 radical (unpaired) electrons. The van der Waals surface area contributed by atoms with E-state index in [0.717, 1.165) is 65.0 Å². The molecule has 9 heteroatoms. The molecule has 1 fully saturated rings. The number of aromatic nitrogens is 5. The lowest BCUT2D eigenvalue weighted by Gasteiger charge is -2.29. The van der Waals surface area contributed by atoms with E-state index < -0.39 is 0 Å². The maximum atomic E-state index is 13.1. The highest BCUT2D eigenvalue weighted by Gasteiger charge is 2.32. The van der Waals surface area contributed by atoms with Crippen molar-refractivity contribution in [1.82, 2.24) is 24.3 Å². The molecular formula is C27H28N8O. The van der Waals surface area contributed by atoms with Crippen molar-refractivity contribution in [3.63, 3.8) is 0 Å². The summed E-state index contributed by atoms with van der Waals surface area (Å²) >= 11 is 0. The Bertz CT molecular complexity index is 1530. The van der Waals surface area contributed by atoms with Crippen LogP contribution in [0.15, 0.2) is 61.1 Å². The van der Waals surface area contributed by atoms with Gasteiger partial charge in [0.05, 0.1) is 17.6 Å². The summed E-state index contributed by atoms with van der Waals surface area (Å²) in [7, 11) is 0. The van der Waals surface area contributed by atoms with Gasteiger partial charge in [-0.3, -0.25) is 14.2 Å². The Hall–Kier alpha value is -4.24. The first-order valence-corrected chi connectivity index (χ1v) is 12.2. The molecule has 9 nitrogen and oxygen atoms in total. The van der Waals surface area contributed by atoms with Crippen molar-refractivity contribution in [1.29, 1.82) is 0 Å². The fourth-order valence-electron chi connectivity index (χ4n) is 5.29. The molecule has 4 aromatic heterocycles. The Morgan fingerprint density at radius 1 is 1.11 bits per heavy atom. The van der Waals surface area contributed by atoms with E-state index in [0.29, 0.717) is 11.5 Å². The Kier molecular flexibility index (Phi) is 5.41. The third kappa shape index (κ3) is 3.77. The molecule has 182 valence electrons. The molecule has 0 unspecified atom stereocenters. The van der Waals surface area contributed by atoms with E-state index in [-0.39, 0.29) is 17.7 Å². The highest BCUT2D eigenvalue weighted by atomic mass is 16.2. The van der Waals surface area contributed by atoms with Crippen molar-refractivity contribution in [2.75, 3.05) is 10.7 Å². The number of para-hydroxylation sites is 1. The third-order valence-electron chi connectivity index (χ3n) is 7.25. The number of nitrogens with two attached hydrogens (primary N) is 2. The largest absolute Gasteiger partial charge is 0.382 e. The van der Waals surface area contributed by atoms with E-state index in [9.17, 15) is 4.79 Å². The monoisotopic (exact) mass is 480 g/mol. The number of benzene rings is 1. The number of fused-ring (bicyclic) bond motifs is 2. The van der Waals surface area contributed by atoms with E-state index in [2.05, 4.69) is 31.5 Å². The van der Waals surface area contributed by atoms with Crippen molar-refractivity contribution in [2.24, 2.45) is 11.8 Å². The van der Waals surface area contributed by atoms with Crippen LogP contribution in [0, 0.1) is 12.8 Å². The zero-order valence-corrected chi connectivity index (χ0v) is 20.1. The standard InChI is InChI=1S/C27H28N8O/c1-16-6-11-20(15-31-16)35(29)27(36)18-9-7-17(8-10-18)26-33-23(24-25(28)30-12-13-34(24)26)22-14-19-4-2-3-5-21(19)32-22/h2-6,11-15,17-18,32H,7-10,29H2,1H3,(H2,28,30). The van der Waals surface area contributed by atoms with Gasteiger partial charge in [-0.15, -0.1) is 0 Å². The Morgan fingerprint density at radius 2 is 1.92 bits per heavy atom. The van der Waals surface area contributed by atoms with Gasteiger partial charge < -0.3 is 10.7 Å². The van der Waals surface area contributed by atoms with Gasteiger partial charge in [0.15, 0.2) is 0 Å².